The number of fused-ring (bicyclic) bond motifs is 1. The van der Waals surface area contributed by atoms with Gasteiger partial charge in [0.05, 0.1) is 11.4 Å². The summed E-state index contributed by atoms with van der Waals surface area (Å²) in [4.78, 5) is 15.1. The molecule has 0 bridgehead atoms. The van der Waals surface area contributed by atoms with Crippen LogP contribution in [0.5, 0.6) is 0 Å². The quantitative estimate of drug-likeness (QED) is 0.429. The normalized spacial score (nSPS) is 11.7. The number of carbonyl (C=O) groups is 1. The van der Waals surface area contributed by atoms with Crippen molar-refractivity contribution in [2.75, 3.05) is 12.3 Å². The van der Waals surface area contributed by atoms with Crippen molar-refractivity contribution in [2.24, 2.45) is 0 Å². The SMILES string of the molecule is Cc1ccccc1-n1c(SCC(=O)NCC(F)(F)F)nnc1-c1c[nH]c2ccccc12. The number of rotatable bonds is 6. The van der Waals surface area contributed by atoms with E-state index in [0.717, 1.165) is 39.5 Å². The van der Waals surface area contributed by atoms with E-state index in [1.54, 1.807) is 0 Å². The number of halogens is 3. The fraction of sp³-hybridized carbons (Fsp3) is 0.190. The smallest absolute Gasteiger partial charge is 0.360 e. The Balaban J connectivity index is 1.70. The van der Waals surface area contributed by atoms with Crippen LogP contribution >= 0.6 is 11.8 Å². The molecule has 6 nitrogen and oxygen atoms in total. The van der Waals surface area contributed by atoms with Gasteiger partial charge in [-0.05, 0) is 24.6 Å². The first kappa shape index (κ1) is 21.0. The number of thioether (sulfide) groups is 1. The molecule has 0 aliphatic carbocycles. The monoisotopic (exact) mass is 445 g/mol. The molecule has 0 saturated heterocycles. The number of alkyl halides is 3. The van der Waals surface area contributed by atoms with Gasteiger partial charge in [-0.1, -0.05) is 48.2 Å². The minimum Gasteiger partial charge on any atom is -0.360 e. The van der Waals surface area contributed by atoms with Crippen LogP contribution in [-0.2, 0) is 4.79 Å². The van der Waals surface area contributed by atoms with Gasteiger partial charge in [0, 0.05) is 22.7 Å². The highest BCUT2D eigenvalue weighted by Gasteiger charge is 2.28. The average molecular weight is 445 g/mol. The van der Waals surface area contributed by atoms with E-state index in [1.165, 1.54) is 0 Å². The standard InChI is InChI=1S/C21H18F3N5OS/c1-13-6-2-5-9-17(13)29-19(15-10-25-16-8-4-3-7-14(15)16)27-28-20(29)31-11-18(30)26-12-21(22,23)24/h2-10,25H,11-12H2,1H3,(H,26,30). The molecular weight excluding hydrogens is 427 g/mol. The van der Waals surface area contributed by atoms with E-state index >= 15 is 0 Å². The molecule has 2 aromatic carbocycles. The molecule has 160 valence electrons. The number of aryl methyl sites for hydroxylation is 1. The Kier molecular flexibility index (Phi) is 5.73. The van der Waals surface area contributed by atoms with Crippen LogP contribution in [-0.4, -0.2) is 44.1 Å². The molecule has 0 aliphatic heterocycles. The van der Waals surface area contributed by atoms with Crippen LogP contribution < -0.4 is 5.32 Å². The summed E-state index contributed by atoms with van der Waals surface area (Å²) >= 11 is 1.03. The van der Waals surface area contributed by atoms with E-state index in [1.807, 2.05) is 71.5 Å². The molecule has 0 atom stereocenters. The van der Waals surface area contributed by atoms with Crippen molar-refractivity contribution in [1.82, 2.24) is 25.1 Å². The summed E-state index contributed by atoms with van der Waals surface area (Å²) in [5.41, 5.74) is 3.56. The first-order valence-corrected chi connectivity index (χ1v) is 10.4. The second-order valence-electron chi connectivity index (χ2n) is 6.86. The van der Waals surface area contributed by atoms with Crippen LogP contribution in [0.3, 0.4) is 0 Å². The maximum Gasteiger partial charge on any atom is 0.405 e. The molecule has 10 heteroatoms. The summed E-state index contributed by atoms with van der Waals surface area (Å²) in [7, 11) is 0. The maximum atomic E-state index is 12.3. The van der Waals surface area contributed by atoms with Crippen molar-refractivity contribution in [3.8, 4) is 17.1 Å². The number of hydrogen-bond donors (Lipinski definition) is 2. The third kappa shape index (κ3) is 4.58. The Labute approximate surface area is 179 Å². The first-order valence-electron chi connectivity index (χ1n) is 9.37. The molecule has 0 aliphatic rings. The largest absolute Gasteiger partial charge is 0.405 e. The third-order valence-corrected chi connectivity index (χ3v) is 5.57. The van der Waals surface area contributed by atoms with Crippen molar-refractivity contribution in [3.05, 3.63) is 60.3 Å². The van der Waals surface area contributed by atoms with Gasteiger partial charge in [0.25, 0.3) is 0 Å². The molecule has 4 rings (SSSR count). The van der Waals surface area contributed by atoms with E-state index in [4.69, 9.17) is 0 Å². The van der Waals surface area contributed by atoms with Gasteiger partial charge >= 0.3 is 6.18 Å². The van der Waals surface area contributed by atoms with Crippen LogP contribution in [0.1, 0.15) is 5.56 Å². The highest BCUT2D eigenvalue weighted by atomic mass is 32.2. The minimum atomic E-state index is -4.45. The minimum absolute atomic E-state index is 0.214. The lowest BCUT2D eigenvalue weighted by molar-refractivity contribution is -0.136. The molecule has 0 radical (unpaired) electrons. The second kappa shape index (κ2) is 8.46. The van der Waals surface area contributed by atoms with E-state index in [-0.39, 0.29) is 5.75 Å². The molecular formula is C21H18F3N5OS. The molecule has 2 aromatic heterocycles. The summed E-state index contributed by atoms with van der Waals surface area (Å²) in [6.45, 7) is 0.580. The molecule has 0 spiro atoms. The average Bonchev–Trinajstić information content (AvgIpc) is 3.34. The Bertz CT molecular complexity index is 1230. The number of aromatic nitrogens is 4. The van der Waals surface area contributed by atoms with Gasteiger partial charge in [-0.3, -0.25) is 9.36 Å². The fourth-order valence-corrected chi connectivity index (χ4v) is 3.98. The molecule has 2 N–H and O–H groups in total. The van der Waals surface area contributed by atoms with Crippen molar-refractivity contribution in [1.29, 1.82) is 0 Å². The number of nitrogens with zero attached hydrogens (tertiary/aromatic N) is 3. The summed E-state index contributed by atoms with van der Waals surface area (Å²) in [5, 5.41) is 11.8. The number of para-hydroxylation sites is 2. The van der Waals surface area contributed by atoms with E-state index in [2.05, 4.69) is 15.2 Å². The van der Waals surface area contributed by atoms with Crippen molar-refractivity contribution < 1.29 is 18.0 Å². The molecule has 0 unspecified atom stereocenters. The van der Waals surface area contributed by atoms with Crippen molar-refractivity contribution >= 4 is 28.6 Å². The zero-order valence-electron chi connectivity index (χ0n) is 16.4. The van der Waals surface area contributed by atoms with E-state index in [0.29, 0.717) is 11.0 Å². The van der Waals surface area contributed by atoms with Crippen LogP contribution in [0.2, 0.25) is 0 Å². The summed E-state index contributed by atoms with van der Waals surface area (Å²) in [6, 6.07) is 15.4. The van der Waals surface area contributed by atoms with Crippen LogP contribution in [0.15, 0.2) is 59.9 Å². The second-order valence-corrected chi connectivity index (χ2v) is 7.80. The van der Waals surface area contributed by atoms with Gasteiger partial charge in [-0.15, -0.1) is 10.2 Å². The van der Waals surface area contributed by atoms with Gasteiger partial charge in [0.1, 0.15) is 6.54 Å². The van der Waals surface area contributed by atoms with Gasteiger partial charge < -0.3 is 10.3 Å². The summed E-state index contributed by atoms with van der Waals surface area (Å²) in [5.74, 6) is -0.367. The number of nitrogens with one attached hydrogen (secondary N) is 2. The van der Waals surface area contributed by atoms with Crippen LogP contribution in [0, 0.1) is 6.92 Å². The van der Waals surface area contributed by atoms with Crippen molar-refractivity contribution in [3.63, 3.8) is 0 Å². The predicted octanol–water partition coefficient (Wildman–Crippen LogP) is 4.49. The van der Waals surface area contributed by atoms with Gasteiger partial charge in [0.2, 0.25) is 5.91 Å². The first-order chi connectivity index (χ1) is 14.8. The Hall–Kier alpha value is -3.27. The Morgan fingerprint density at radius 1 is 1.13 bits per heavy atom. The van der Waals surface area contributed by atoms with Gasteiger partial charge in [-0.25, -0.2) is 0 Å². The molecule has 0 saturated carbocycles. The topological polar surface area (TPSA) is 75.6 Å². The number of benzene rings is 2. The van der Waals surface area contributed by atoms with E-state index < -0.39 is 18.6 Å². The Morgan fingerprint density at radius 3 is 2.65 bits per heavy atom. The Morgan fingerprint density at radius 2 is 1.87 bits per heavy atom. The number of amides is 1. The summed E-state index contributed by atoms with van der Waals surface area (Å²) < 4.78 is 38.9. The highest BCUT2D eigenvalue weighted by Crippen LogP contribution is 2.33. The molecule has 2 heterocycles. The van der Waals surface area contributed by atoms with E-state index in [9.17, 15) is 18.0 Å². The van der Waals surface area contributed by atoms with Crippen LogP contribution in [0.4, 0.5) is 13.2 Å². The lowest BCUT2D eigenvalue weighted by Crippen LogP contribution is -2.34. The summed E-state index contributed by atoms with van der Waals surface area (Å²) in [6.07, 6.45) is -2.61. The zero-order valence-corrected chi connectivity index (χ0v) is 17.2. The van der Waals surface area contributed by atoms with Crippen LogP contribution in [0.25, 0.3) is 28.0 Å². The third-order valence-electron chi connectivity index (χ3n) is 4.64. The molecule has 4 aromatic rings. The fourth-order valence-electron chi connectivity index (χ4n) is 3.21. The maximum absolute atomic E-state index is 12.3. The molecule has 1 amide bonds. The number of carbonyl (C=O) groups excluding carboxylic acids is 1. The highest BCUT2D eigenvalue weighted by molar-refractivity contribution is 7.99. The molecule has 0 fully saturated rings. The number of H-pyrrole nitrogens is 1. The lowest BCUT2D eigenvalue weighted by atomic mass is 10.1. The zero-order chi connectivity index (χ0) is 22.0. The lowest BCUT2D eigenvalue weighted by Gasteiger charge is -2.13. The van der Waals surface area contributed by atoms with Gasteiger partial charge in [-0.2, -0.15) is 13.2 Å². The number of hydrogen-bond acceptors (Lipinski definition) is 4. The molecule has 31 heavy (non-hydrogen) atoms. The predicted molar refractivity (Wildman–Crippen MR) is 113 cm³/mol. The van der Waals surface area contributed by atoms with Gasteiger partial charge in [0.15, 0.2) is 11.0 Å². The van der Waals surface area contributed by atoms with Crippen molar-refractivity contribution in [2.45, 2.75) is 18.3 Å². The number of aromatic amines is 1.